The van der Waals surface area contributed by atoms with Gasteiger partial charge in [-0.3, -0.25) is 4.79 Å². The highest BCUT2D eigenvalue weighted by atomic mass is 32.2. The molecule has 208 valence electrons. The van der Waals surface area contributed by atoms with Crippen molar-refractivity contribution in [3.63, 3.8) is 0 Å². The van der Waals surface area contributed by atoms with Gasteiger partial charge in [-0.25, -0.2) is 18.4 Å². The van der Waals surface area contributed by atoms with Crippen molar-refractivity contribution in [2.45, 2.75) is 29.6 Å². The van der Waals surface area contributed by atoms with Crippen LogP contribution in [0.3, 0.4) is 0 Å². The second kappa shape index (κ2) is 10.8. The zero-order valence-electron chi connectivity index (χ0n) is 21.1. The number of aromatic nitrogens is 2. The third-order valence-corrected chi connectivity index (χ3v) is 8.20. The number of nitrogens with one attached hydrogen (secondary N) is 1. The molecule has 1 aromatic carbocycles. The minimum atomic E-state index is -4.51. The Hall–Kier alpha value is -3.75. The second-order valence-corrected chi connectivity index (χ2v) is 11.2. The monoisotopic (exact) mass is 564 g/mol. The van der Waals surface area contributed by atoms with Gasteiger partial charge in [-0.15, -0.1) is 0 Å². The molecule has 3 heterocycles. The fourth-order valence-corrected chi connectivity index (χ4v) is 5.61. The van der Waals surface area contributed by atoms with Gasteiger partial charge in [-0.2, -0.15) is 17.5 Å². The number of hydrogen-bond acceptors (Lipinski definition) is 8. The first kappa shape index (κ1) is 28.3. The Morgan fingerprint density at radius 1 is 1.13 bits per heavy atom. The van der Waals surface area contributed by atoms with E-state index in [4.69, 9.17) is 5.73 Å². The molecular formula is C25H27F3N6O4S. The minimum Gasteiger partial charge on any atom is -0.390 e. The van der Waals surface area contributed by atoms with Crippen LogP contribution in [0, 0.1) is 0 Å². The van der Waals surface area contributed by atoms with Crippen molar-refractivity contribution in [2.75, 3.05) is 37.4 Å². The number of carbonyl (C=O) groups excluding carboxylic acids is 1. The SMILES string of the molecule is CN(C)c1cc(-c2ccc(S(=O)(=O)N3CC[C@@H](Nc4ccc(C(F)(F)F)cn4)[C@@H](O)C3)cc2)cc(C(N)=O)n1. The summed E-state index contributed by atoms with van der Waals surface area (Å²) in [5.41, 5.74) is 5.86. The highest BCUT2D eigenvalue weighted by molar-refractivity contribution is 7.89. The lowest BCUT2D eigenvalue weighted by molar-refractivity contribution is -0.137. The standard InChI is InChI=1S/C25H27F3N6O4S/c1-33(2)23-12-16(11-20(32-23)24(29)36)15-3-6-18(7-4-15)39(37,38)34-10-9-19(21(35)14-34)31-22-8-5-17(13-30-22)25(26,27)28/h3-8,11-13,19,21,35H,9-10,14H2,1-2H3,(H2,29,36)(H,30,31)/t19-,21+/m1/s1. The largest absolute Gasteiger partial charge is 0.417 e. The van der Waals surface area contributed by atoms with Crippen molar-refractivity contribution in [1.29, 1.82) is 0 Å². The number of pyridine rings is 2. The molecule has 1 fully saturated rings. The summed E-state index contributed by atoms with van der Waals surface area (Å²) in [6.07, 6.45) is -4.73. The van der Waals surface area contributed by atoms with E-state index < -0.39 is 39.8 Å². The van der Waals surface area contributed by atoms with Crippen LogP contribution >= 0.6 is 0 Å². The van der Waals surface area contributed by atoms with E-state index in [9.17, 15) is 31.5 Å². The number of nitrogens with zero attached hydrogens (tertiary/aromatic N) is 4. The van der Waals surface area contributed by atoms with Gasteiger partial charge in [0.05, 0.1) is 22.6 Å². The van der Waals surface area contributed by atoms with Crippen molar-refractivity contribution in [3.8, 4) is 11.1 Å². The van der Waals surface area contributed by atoms with Gasteiger partial charge in [-0.1, -0.05) is 12.1 Å². The van der Waals surface area contributed by atoms with Crippen LogP contribution in [0.2, 0.25) is 0 Å². The van der Waals surface area contributed by atoms with Crippen molar-refractivity contribution >= 4 is 27.6 Å². The number of anilines is 2. The number of nitrogens with two attached hydrogens (primary N) is 1. The molecule has 4 N–H and O–H groups in total. The molecule has 0 radical (unpaired) electrons. The third-order valence-electron chi connectivity index (χ3n) is 6.32. The van der Waals surface area contributed by atoms with Crippen molar-refractivity contribution in [3.05, 3.63) is 66.0 Å². The molecule has 0 bridgehead atoms. The number of hydrogen-bond donors (Lipinski definition) is 3. The number of β-amino-alcohol motifs (C(OH)–C–C–N with tert-alkyl or cyclic N) is 1. The molecule has 4 rings (SSSR count). The van der Waals surface area contributed by atoms with Crippen molar-refractivity contribution < 1.29 is 31.5 Å². The van der Waals surface area contributed by atoms with E-state index in [1.165, 1.54) is 18.2 Å². The predicted octanol–water partition coefficient (Wildman–Crippen LogP) is 2.56. The van der Waals surface area contributed by atoms with Crippen molar-refractivity contribution in [2.24, 2.45) is 5.73 Å². The van der Waals surface area contributed by atoms with Gasteiger partial charge in [0.2, 0.25) is 10.0 Å². The quantitative estimate of drug-likeness (QED) is 0.398. The molecule has 1 aliphatic heterocycles. The van der Waals surface area contributed by atoms with Crippen LogP contribution in [-0.4, -0.2) is 73.0 Å². The van der Waals surface area contributed by atoms with Gasteiger partial charge in [0, 0.05) is 33.4 Å². The summed E-state index contributed by atoms with van der Waals surface area (Å²) in [5, 5.41) is 13.5. The Kier molecular flexibility index (Phi) is 7.82. The molecule has 3 aromatic rings. The van der Waals surface area contributed by atoms with Crippen LogP contribution in [0.15, 0.2) is 59.6 Å². The zero-order valence-corrected chi connectivity index (χ0v) is 21.9. The zero-order chi connectivity index (χ0) is 28.5. The number of piperidine rings is 1. The number of primary amides is 1. The Balaban J connectivity index is 1.46. The molecule has 2 atom stereocenters. The van der Waals surface area contributed by atoms with Crippen molar-refractivity contribution in [1.82, 2.24) is 14.3 Å². The van der Waals surface area contributed by atoms with E-state index in [0.717, 1.165) is 16.4 Å². The van der Waals surface area contributed by atoms with E-state index in [1.54, 1.807) is 37.2 Å². The third kappa shape index (κ3) is 6.29. The topological polar surface area (TPSA) is 142 Å². The molecule has 1 amide bonds. The van der Waals surface area contributed by atoms with E-state index in [1.807, 2.05) is 0 Å². The Bertz CT molecular complexity index is 1450. The number of amides is 1. The second-order valence-electron chi connectivity index (χ2n) is 9.28. The lowest BCUT2D eigenvalue weighted by Crippen LogP contribution is -2.51. The summed E-state index contributed by atoms with van der Waals surface area (Å²) in [6, 6.07) is 10.8. The van der Waals surface area contributed by atoms with Gasteiger partial charge in [0.1, 0.15) is 17.3 Å². The fraction of sp³-hybridized carbons (Fsp3) is 0.320. The smallest absolute Gasteiger partial charge is 0.390 e. The number of rotatable bonds is 7. The molecule has 1 aliphatic rings. The number of carbonyl (C=O) groups is 1. The Labute approximate surface area is 223 Å². The fourth-order valence-electron chi connectivity index (χ4n) is 4.13. The molecule has 0 aliphatic carbocycles. The molecule has 10 nitrogen and oxygen atoms in total. The first-order chi connectivity index (χ1) is 18.3. The lowest BCUT2D eigenvalue weighted by Gasteiger charge is -2.35. The Morgan fingerprint density at radius 2 is 1.82 bits per heavy atom. The van der Waals surface area contributed by atoms with E-state index in [0.29, 0.717) is 23.1 Å². The molecular weight excluding hydrogens is 537 g/mol. The average molecular weight is 565 g/mol. The molecule has 0 saturated carbocycles. The van der Waals surface area contributed by atoms with Crippen LogP contribution in [-0.2, 0) is 16.2 Å². The highest BCUT2D eigenvalue weighted by Crippen LogP contribution is 2.30. The average Bonchev–Trinajstić information content (AvgIpc) is 2.89. The summed E-state index contributed by atoms with van der Waals surface area (Å²) < 4.78 is 65.9. The first-order valence-electron chi connectivity index (χ1n) is 11.8. The molecule has 0 spiro atoms. The van der Waals surface area contributed by atoms with Crippen LogP contribution in [0.5, 0.6) is 0 Å². The first-order valence-corrected chi connectivity index (χ1v) is 13.3. The number of aliphatic hydroxyl groups excluding tert-OH is 1. The summed E-state index contributed by atoms with van der Waals surface area (Å²) in [4.78, 5) is 21.4. The van der Waals surface area contributed by atoms with E-state index in [2.05, 4.69) is 15.3 Å². The Morgan fingerprint density at radius 3 is 2.36 bits per heavy atom. The van der Waals surface area contributed by atoms with Gasteiger partial charge in [0.25, 0.3) is 5.91 Å². The number of alkyl halides is 3. The van der Waals surface area contributed by atoms with Crippen LogP contribution in [0.1, 0.15) is 22.5 Å². The summed E-state index contributed by atoms with van der Waals surface area (Å²) in [5.74, 6) is -0.0355. The molecule has 2 aromatic heterocycles. The van der Waals surface area contributed by atoms with E-state index in [-0.39, 0.29) is 35.9 Å². The van der Waals surface area contributed by atoms with Crippen LogP contribution < -0.4 is 16.0 Å². The van der Waals surface area contributed by atoms with Gasteiger partial charge in [-0.05, 0) is 53.9 Å². The number of sulfonamides is 1. The number of benzene rings is 1. The molecule has 39 heavy (non-hydrogen) atoms. The highest BCUT2D eigenvalue weighted by Gasteiger charge is 2.35. The normalized spacial score (nSPS) is 18.5. The maximum Gasteiger partial charge on any atom is 0.417 e. The maximum absolute atomic E-state index is 13.3. The van der Waals surface area contributed by atoms with Gasteiger partial charge >= 0.3 is 6.18 Å². The van der Waals surface area contributed by atoms with E-state index >= 15 is 0 Å². The number of aliphatic hydroxyl groups is 1. The number of halogens is 3. The maximum atomic E-state index is 13.3. The van der Waals surface area contributed by atoms with Crippen LogP contribution in [0.25, 0.3) is 11.1 Å². The molecule has 1 saturated heterocycles. The lowest BCUT2D eigenvalue weighted by atomic mass is 10.0. The minimum absolute atomic E-state index is 0.0197. The molecule has 0 unspecified atom stereocenters. The van der Waals surface area contributed by atoms with Gasteiger partial charge < -0.3 is 21.1 Å². The summed E-state index contributed by atoms with van der Waals surface area (Å²) in [7, 11) is -0.418. The van der Waals surface area contributed by atoms with Gasteiger partial charge in [0.15, 0.2) is 0 Å². The molecule has 14 heteroatoms. The summed E-state index contributed by atoms with van der Waals surface area (Å²) >= 11 is 0. The summed E-state index contributed by atoms with van der Waals surface area (Å²) in [6.45, 7) is -0.126. The predicted molar refractivity (Wildman–Crippen MR) is 139 cm³/mol. The van der Waals surface area contributed by atoms with Crippen LogP contribution in [0.4, 0.5) is 24.8 Å².